The van der Waals surface area contributed by atoms with Gasteiger partial charge in [-0.15, -0.1) is 0 Å². The molecule has 0 amide bonds. The molecule has 3 aromatic carbocycles. The maximum absolute atomic E-state index is 15.1. The highest BCUT2D eigenvalue weighted by atomic mass is 19.3. The Morgan fingerprint density at radius 2 is 1.67 bits per heavy atom. The minimum Gasteiger partial charge on any atom is -0.308 e. The van der Waals surface area contributed by atoms with E-state index in [4.69, 9.17) is 0 Å². The number of benzene rings is 3. The molecule has 0 fully saturated rings. The quantitative estimate of drug-likeness (QED) is 0.443. The molecule has 1 aliphatic heterocycles. The van der Waals surface area contributed by atoms with Crippen molar-refractivity contribution < 1.29 is 8.78 Å². The molecular weight excluding hydrogens is 306 g/mol. The Morgan fingerprint density at radius 1 is 0.875 bits per heavy atom. The van der Waals surface area contributed by atoms with Gasteiger partial charge in [-0.3, -0.25) is 0 Å². The number of halogens is 2. The van der Waals surface area contributed by atoms with E-state index >= 15 is 8.78 Å². The summed E-state index contributed by atoms with van der Waals surface area (Å²) >= 11 is 0. The number of para-hydroxylation sites is 2. The largest absolute Gasteiger partial charge is 0.308 e. The molecule has 4 aromatic rings. The molecule has 5 rings (SSSR count). The lowest BCUT2D eigenvalue weighted by atomic mass is 9.92. The van der Waals surface area contributed by atoms with Crippen LogP contribution in [0.4, 0.5) is 8.78 Å². The van der Waals surface area contributed by atoms with E-state index in [-0.39, 0.29) is 11.1 Å². The second kappa shape index (κ2) is 4.21. The van der Waals surface area contributed by atoms with Gasteiger partial charge >= 0.3 is 5.92 Å². The normalized spacial score (nSPS) is 14.5. The van der Waals surface area contributed by atoms with Gasteiger partial charge in [0.25, 0.3) is 0 Å². The highest BCUT2D eigenvalue weighted by molar-refractivity contribution is 6.11. The van der Waals surface area contributed by atoms with Crippen molar-refractivity contribution in [2.24, 2.45) is 0 Å². The molecular formula is C20H10F2N2. The van der Waals surface area contributed by atoms with Gasteiger partial charge in [0, 0.05) is 16.3 Å². The summed E-state index contributed by atoms with van der Waals surface area (Å²) in [6.07, 6.45) is 0. The standard InChI is InChI=1S/C20H10F2N2/c21-20(22)15-9-8-12(11-23)10-18(15)24-17-7-2-1-4-13(17)14-5-3-6-16(20)19(14)24/h1-10H. The zero-order valence-electron chi connectivity index (χ0n) is 12.4. The topological polar surface area (TPSA) is 28.7 Å². The van der Waals surface area contributed by atoms with Crippen LogP contribution in [-0.4, -0.2) is 4.57 Å². The first kappa shape index (κ1) is 13.3. The first-order valence-electron chi connectivity index (χ1n) is 7.58. The van der Waals surface area contributed by atoms with Crippen LogP contribution in [0.2, 0.25) is 0 Å². The molecule has 24 heavy (non-hydrogen) atoms. The van der Waals surface area contributed by atoms with Gasteiger partial charge in [0.1, 0.15) is 0 Å². The van der Waals surface area contributed by atoms with Gasteiger partial charge in [0.05, 0.1) is 33.9 Å². The Labute approximate surface area is 136 Å². The predicted octanol–water partition coefficient (Wildman–Crippen LogP) is 5.11. The highest BCUT2D eigenvalue weighted by Crippen LogP contribution is 2.49. The molecule has 0 radical (unpaired) electrons. The van der Waals surface area contributed by atoms with Crippen LogP contribution < -0.4 is 0 Å². The van der Waals surface area contributed by atoms with Crippen LogP contribution in [0.3, 0.4) is 0 Å². The molecule has 0 saturated heterocycles. The SMILES string of the molecule is N#Cc1ccc2c(c1)-n1c3ccccc3c3cccc(c31)C2(F)F. The Morgan fingerprint density at radius 3 is 2.50 bits per heavy atom. The van der Waals surface area contributed by atoms with Crippen LogP contribution >= 0.6 is 0 Å². The Balaban J connectivity index is 2.11. The van der Waals surface area contributed by atoms with Crippen LogP contribution in [0.15, 0.2) is 60.7 Å². The average molecular weight is 316 g/mol. The highest BCUT2D eigenvalue weighted by Gasteiger charge is 2.43. The fourth-order valence-electron chi connectivity index (χ4n) is 3.72. The van der Waals surface area contributed by atoms with E-state index in [1.165, 1.54) is 18.2 Å². The van der Waals surface area contributed by atoms with Crippen molar-refractivity contribution in [1.29, 1.82) is 5.26 Å². The summed E-state index contributed by atoms with van der Waals surface area (Å²) < 4.78 is 32.1. The number of hydrogen-bond donors (Lipinski definition) is 0. The summed E-state index contributed by atoms with van der Waals surface area (Å²) in [6.45, 7) is 0. The van der Waals surface area contributed by atoms with E-state index in [9.17, 15) is 5.26 Å². The number of alkyl halides is 2. The van der Waals surface area contributed by atoms with E-state index in [2.05, 4.69) is 0 Å². The van der Waals surface area contributed by atoms with E-state index in [1.54, 1.807) is 12.1 Å². The average Bonchev–Trinajstić information content (AvgIpc) is 2.95. The predicted molar refractivity (Wildman–Crippen MR) is 88.5 cm³/mol. The van der Waals surface area contributed by atoms with Crippen LogP contribution in [-0.2, 0) is 5.92 Å². The van der Waals surface area contributed by atoms with Gasteiger partial charge in [0.15, 0.2) is 0 Å². The maximum Gasteiger partial charge on any atom is 0.302 e. The lowest BCUT2D eigenvalue weighted by Gasteiger charge is -2.28. The van der Waals surface area contributed by atoms with Gasteiger partial charge < -0.3 is 4.57 Å². The first-order chi connectivity index (χ1) is 11.6. The molecule has 0 N–H and O–H groups in total. The Hall–Kier alpha value is -3.19. The van der Waals surface area contributed by atoms with E-state index in [0.29, 0.717) is 16.8 Å². The van der Waals surface area contributed by atoms with Crippen LogP contribution in [0.1, 0.15) is 16.7 Å². The zero-order chi connectivity index (χ0) is 16.5. The van der Waals surface area contributed by atoms with Crippen molar-refractivity contribution in [3.05, 3.63) is 77.4 Å². The second-order valence-electron chi connectivity index (χ2n) is 5.97. The summed E-state index contributed by atoms with van der Waals surface area (Å²) in [7, 11) is 0. The van der Waals surface area contributed by atoms with Gasteiger partial charge in [-0.05, 0) is 24.3 Å². The minimum absolute atomic E-state index is 0.00778. The number of nitriles is 1. The van der Waals surface area contributed by atoms with Gasteiger partial charge in [-0.25, -0.2) is 0 Å². The van der Waals surface area contributed by atoms with E-state index in [0.717, 1.165) is 16.3 Å². The molecule has 0 unspecified atom stereocenters. The number of fused-ring (bicyclic) bond motifs is 5. The summed E-state index contributed by atoms with van der Waals surface area (Å²) in [6, 6.07) is 19.1. The van der Waals surface area contributed by atoms with E-state index in [1.807, 2.05) is 41.0 Å². The van der Waals surface area contributed by atoms with Crippen molar-refractivity contribution in [2.45, 2.75) is 5.92 Å². The molecule has 0 saturated carbocycles. The summed E-state index contributed by atoms with van der Waals surface area (Å²) in [5.41, 5.74) is 2.08. The Bertz CT molecular complexity index is 1200. The molecule has 1 aromatic heterocycles. The molecule has 114 valence electrons. The molecule has 2 heterocycles. The van der Waals surface area contributed by atoms with E-state index < -0.39 is 5.92 Å². The van der Waals surface area contributed by atoms with Gasteiger partial charge in [-0.2, -0.15) is 14.0 Å². The summed E-state index contributed by atoms with van der Waals surface area (Å²) in [4.78, 5) is 0. The third-order valence-electron chi connectivity index (χ3n) is 4.74. The smallest absolute Gasteiger partial charge is 0.302 e. The van der Waals surface area contributed by atoms with Crippen molar-refractivity contribution in [2.75, 3.05) is 0 Å². The zero-order valence-corrected chi connectivity index (χ0v) is 12.4. The second-order valence-corrected chi connectivity index (χ2v) is 5.97. The fraction of sp³-hybridized carbons (Fsp3) is 0.0500. The number of hydrogen-bond acceptors (Lipinski definition) is 1. The van der Waals surface area contributed by atoms with Crippen LogP contribution in [0, 0.1) is 11.3 Å². The summed E-state index contributed by atoms with van der Waals surface area (Å²) in [5, 5.41) is 10.9. The van der Waals surface area contributed by atoms with Gasteiger partial charge in [0.2, 0.25) is 0 Å². The number of rotatable bonds is 0. The number of aromatic nitrogens is 1. The van der Waals surface area contributed by atoms with Crippen LogP contribution in [0.5, 0.6) is 0 Å². The molecule has 0 aliphatic carbocycles. The number of nitrogens with zero attached hydrogens (tertiary/aromatic N) is 2. The third kappa shape index (κ3) is 1.42. The van der Waals surface area contributed by atoms with Crippen molar-refractivity contribution >= 4 is 21.8 Å². The van der Waals surface area contributed by atoms with Gasteiger partial charge in [-0.1, -0.05) is 36.4 Å². The molecule has 4 heteroatoms. The summed E-state index contributed by atoms with van der Waals surface area (Å²) in [5.74, 6) is -3.09. The fourth-order valence-corrected chi connectivity index (χ4v) is 3.72. The molecule has 0 atom stereocenters. The Kier molecular flexibility index (Phi) is 2.33. The van der Waals surface area contributed by atoms with Crippen molar-refractivity contribution in [3.8, 4) is 11.8 Å². The van der Waals surface area contributed by atoms with Crippen molar-refractivity contribution in [1.82, 2.24) is 4.57 Å². The molecule has 0 spiro atoms. The van der Waals surface area contributed by atoms with Crippen LogP contribution in [0.25, 0.3) is 27.5 Å². The monoisotopic (exact) mass is 316 g/mol. The third-order valence-corrected chi connectivity index (χ3v) is 4.74. The first-order valence-corrected chi connectivity index (χ1v) is 7.58. The lowest BCUT2D eigenvalue weighted by Crippen LogP contribution is -2.23. The van der Waals surface area contributed by atoms with Crippen molar-refractivity contribution in [3.63, 3.8) is 0 Å². The molecule has 2 nitrogen and oxygen atoms in total. The molecule has 1 aliphatic rings. The lowest BCUT2D eigenvalue weighted by molar-refractivity contribution is 0.0426. The maximum atomic E-state index is 15.1. The minimum atomic E-state index is -3.09. The molecule has 0 bridgehead atoms.